The van der Waals surface area contributed by atoms with Gasteiger partial charge in [-0.15, -0.1) is 0 Å². The van der Waals surface area contributed by atoms with Crippen LogP contribution < -0.4 is 9.96 Å². The number of benzene rings is 3. The molecule has 7 heteroatoms. The molecule has 2 amide bonds. The van der Waals surface area contributed by atoms with Gasteiger partial charge >= 0.3 is 0 Å². The van der Waals surface area contributed by atoms with Gasteiger partial charge in [-0.2, -0.15) is 0 Å². The fourth-order valence-electron chi connectivity index (χ4n) is 4.45. The molecule has 156 valence electrons. The second-order valence-electron chi connectivity index (χ2n) is 7.85. The van der Waals surface area contributed by atoms with Gasteiger partial charge < -0.3 is 5.11 Å². The summed E-state index contributed by atoms with van der Waals surface area (Å²) in [6, 6.07) is 21.9. The van der Waals surface area contributed by atoms with Crippen LogP contribution in [0.5, 0.6) is 5.75 Å². The van der Waals surface area contributed by atoms with Gasteiger partial charge in [0.05, 0.1) is 11.4 Å². The maximum atomic E-state index is 13.8. The van der Waals surface area contributed by atoms with E-state index in [2.05, 4.69) is 0 Å². The smallest absolute Gasteiger partial charge is 0.266 e. The Balaban J connectivity index is 1.66. The van der Waals surface area contributed by atoms with Gasteiger partial charge in [0.15, 0.2) is 6.10 Å². The van der Waals surface area contributed by atoms with Crippen molar-refractivity contribution in [1.82, 2.24) is 0 Å². The second kappa shape index (κ2) is 7.11. The van der Waals surface area contributed by atoms with Crippen LogP contribution in [0, 0.1) is 5.41 Å². The van der Waals surface area contributed by atoms with E-state index in [9.17, 15) is 14.7 Å². The molecular formula is C24H19ClN2O4. The lowest BCUT2D eigenvalue weighted by molar-refractivity contribution is -0.128. The average Bonchev–Trinajstić information content (AvgIpc) is 3.19. The minimum absolute atomic E-state index is 0.0316. The highest BCUT2D eigenvalue weighted by molar-refractivity contribution is 6.31. The minimum atomic E-state index is -1.26. The monoisotopic (exact) mass is 434 g/mol. The number of hydrogen-bond donors (Lipinski definition) is 1. The molecule has 5 rings (SSSR count). The van der Waals surface area contributed by atoms with Crippen molar-refractivity contribution < 1.29 is 19.5 Å². The van der Waals surface area contributed by atoms with E-state index in [0.717, 1.165) is 4.90 Å². The van der Waals surface area contributed by atoms with Gasteiger partial charge in [0.25, 0.3) is 5.91 Å². The number of carbonyl (C=O) groups excluding carboxylic acids is 2. The molecule has 2 saturated heterocycles. The zero-order valence-electron chi connectivity index (χ0n) is 16.6. The molecule has 3 atom stereocenters. The SMILES string of the molecule is C[C@]12C(=O)N(c3ccc(Cl)cc3)C(=O)[C@H]1ON(c1ccccc1)[C@@H]2c1ccccc1O. The molecule has 2 aliphatic rings. The molecule has 0 aromatic heterocycles. The Labute approximate surface area is 184 Å². The molecule has 0 radical (unpaired) electrons. The highest BCUT2D eigenvalue weighted by Gasteiger charge is 2.69. The summed E-state index contributed by atoms with van der Waals surface area (Å²) in [4.78, 5) is 34.4. The molecule has 2 aliphatic heterocycles. The number of hydroxylamine groups is 1. The molecular weight excluding hydrogens is 416 g/mol. The van der Waals surface area contributed by atoms with Gasteiger partial charge in [0.1, 0.15) is 17.2 Å². The van der Waals surface area contributed by atoms with Gasteiger partial charge in [-0.25, -0.2) is 9.96 Å². The quantitative estimate of drug-likeness (QED) is 0.615. The number of imide groups is 1. The Kier molecular flexibility index (Phi) is 4.50. The molecule has 3 aromatic carbocycles. The van der Waals surface area contributed by atoms with E-state index in [4.69, 9.17) is 16.4 Å². The standard InChI is InChI=1S/C24H19ClN2O4/c1-24-20(18-9-5-6-10-19(18)28)27(17-7-3-2-4-8-17)31-21(24)22(29)26(23(24)30)16-13-11-15(25)12-14-16/h2-14,20-21,28H,1H3/t20-,21-,24-/m1/s1. The first kappa shape index (κ1) is 19.6. The minimum Gasteiger partial charge on any atom is -0.508 e. The molecule has 3 aromatic rings. The van der Waals surface area contributed by atoms with E-state index >= 15 is 0 Å². The summed E-state index contributed by atoms with van der Waals surface area (Å²) in [5.41, 5.74) is 0.368. The van der Waals surface area contributed by atoms with E-state index < -0.39 is 29.4 Å². The zero-order valence-corrected chi connectivity index (χ0v) is 17.4. The normalized spacial score (nSPS) is 25.2. The Morgan fingerprint density at radius 3 is 2.23 bits per heavy atom. The number of hydrogen-bond acceptors (Lipinski definition) is 5. The van der Waals surface area contributed by atoms with E-state index in [0.29, 0.717) is 22.0 Å². The van der Waals surface area contributed by atoms with Crippen LogP contribution in [0.25, 0.3) is 0 Å². The van der Waals surface area contributed by atoms with Gasteiger partial charge in [-0.1, -0.05) is 48.0 Å². The number of rotatable bonds is 3. The molecule has 31 heavy (non-hydrogen) atoms. The summed E-state index contributed by atoms with van der Waals surface area (Å²) in [7, 11) is 0. The lowest BCUT2D eigenvalue weighted by Gasteiger charge is -2.33. The van der Waals surface area contributed by atoms with Crippen LogP contribution in [0.3, 0.4) is 0 Å². The highest BCUT2D eigenvalue weighted by Crippen LogP contribution is 2.56. The highest BCUT2D eigenvalue weighted by atomic mass is 35.5. The Morgan fingerprint density at radius 2 is 1.55 bits per heavy atom. The number of phenolic OH excluding ortho intramolecular Hbond substituents is 1. The van der Waals surface area contributed by atoms with Crippen molar-refractivity contribution >= 4 is 34.8 Å². The number of amides is 2. The summed E-state index contributed by atoms with van der Waals surface area (Å²) in [6.45, 7) is 1.72. The van der Waals surface area contributed by atoms with E-state index in [1.165, 1.54) is 0 Å². The number of para-hydroxylation sites is 2. The number of aromatic hydroxyl groups is 1. The third-order valence-electron chi connectivity index (χ3n) is 6.00. The van der Waals surface area contributed by atoms with Crippen molar-refractivity contribution in [3.05, 3.63) is 89.4 Å². The Morgan fingerprint density at radius 1 is 0.903 bits per heavy atom. The van der Waals surface area contributed by atoms with Crippen LogP contribution in [0.2, 0.25) is 5.02 Å². The van der Waals surface area contributed by atoms with Gasteiger partial charge in [-0.3, -0.25) is 14.4 Å². The van der Waals surface area contributed by atoms with Crippen LogP contribution in [0.4, 0.5) is 11.4 Å². The predicted octanol–water partition coefficient (Wildman–Crippen LogP) is 4.49. The number of fused-ring (bicyclic) bond motifs is 1. The average molecular weight is 435 g/mol. The molecule has 0 unspecified atom stereocenters. The zero-order chi connectivity index (χ0) is 21.8. The van der Waals surface area contributed by atoms with Crippen LogP contribution in [0.15, 0.2) is 78.9 Å². The summed E-state index contributed by atoms with van der Waals surface area (Å²) in [5, 5.41) is 12.7. The number of halogens is 1. The molecule has 0 bridgehead atoms. The molecule has 0 spiro atoms. The van der Waals surface area contributed by atoms with Crippen molar-refractivity contribution in [1.29, 1.82) is 0 Å². The Hall–Kier alpha value is -3.35. The first-order chi connectivity index (χ1) is 14.9. The third kappa shape index (κ3) is 2.83. The molecule has 6 nitrogen and oxygen atoms in total. The maximum Gasteiger partial charge on any atom is 0.266 e. The van der Waals surface area contributed by atoms with E-state index in [1.54, 1.807) is 60.5 Å². The Bertz CT molecular complexity index is 1170. The fourth-order valence-corrected chi connectivity index (χ4v) is 4.57. The van der Waals surface area contributed by atoms with Crippen molar-refractivity contribution in [3.63, 3.8) is 0 Å². The van der Waals surface area contributed by atoms with Crippen LogP contribution in [0.1, 0.15) is 18.5 Å². The summed E-state index contributed by atoms with van der Waals surface area (Å²) in [5.74, 6) is -0.811. The first-order valence-corrected chi connectivity index (χ1v) is 10.2. The largest absolute Gasteiger partial charge is 0.508 e. The van der Waals surface area contributed by atoms with Gasteiger partial charge in [0, 0.05) is 10.6 Å². The summed E-state index contributed by atoms with van der Waals surface area (Å²) < 4.78 is 0. The van der Waals surface area contributed by atoms with Crippen molar-refractivity contribution in [2.45, 2.75) is 19.1 Å². The molecule has 0 aliphatic carbocycles. The van der Waals surface area contributed by atoms with Crippen molar-refractivity contribution in [2.75, 3.05) is 9.96 Å². The number of nitrogens with zero attached hydrogens (tertiary/aromatic N) is 2. The maximum absolute atomic E-state index is 13.8. The number of carbonyl (C=O) groups is 2. The fraction of sp³-hybridized carbons (Fsp3) is 0.167. The number of phenols is 1. The summed E-state index contributed by atoms with van der Waals surface area (Å²) in [6.07, 6.45) is -1.04. The lowest BCUT2D eigenvalue weighted by Crippen LogP contribution is -2.41. The predicted molar refractivity (Wildman–Crippen MR) is 117 cm³/mol. The molecule has 2 heterocycles. The lowest BCUT2D eigenvalue weighted by atomic mass is 9.76. The van der Waals surface area contributed by atoms with Gasteiger partial charge in [0.2, 0.25) is 5.91 Å². The first-order valence-electron chi connectivity index (χ1n) is 9.86. The molecule has 2 fully saturated rings. The summed E-state index contributed by atoms with van der Waals surface area (Å²) >= 11 is 5.97. The van der Waals surface area contributed by atoms with Crippen molar-refractivity contribution in [2.24, 2.45) is 5.41 Å². The third-order valence-corrected chi connectivity index (χ3v) is 6.25. The molecule has 0 saturated carbocycles. The van der Waals surface area contributed by atoms with Gasteiger partial charge in [-0.05, 0) is 49.4 Å². The number of anilines is 2. The van der Waals surface area contributed by atoms with Crippen LogP contribution in [-0.2, 0) is 14.4 Å². The second-order valence-corrected chi connectivity index (χ2v) is 8.28. The van der Waals surface area contributed by atoms with E-state index in [-0.39, 0.29) is 5.75 Å². The van der Waals surface area contributed by atoms with Crippen LogP contribution in [-0.4, -0.2) is 23.0 Å². The van der Waals surface area contributed by atoms with Crippen LogP contribution >= 0.6 is 11.6 Å². The topological polar surface area (TPSA) is 70.1 Å². The van der Waals surface area contributed by atoms with Crippen molar-refractivity contribution in [3.8, 4) is 5.75 Å². The van der Waals surface area contributed by atoms with E-state index in [1.807, 2.05) is 30.3 Å². The molecule has 1 N–H and O–H groups in total.